The first-order chi connectivity index (χ1) is 33.9. The summed E-state index contributed by atoms with van der Waals surface area (Å²) in [6.45, 7) is 1.63. The van der Waals surface area contributed by atoms with E-state index in [2.05, 4.69) is 47.8 Å². The third-order valence-corrected chi connectivity index (χ3v) is 16.3. The van der Waals surface area contributed by atoms with E-state index < -0.39 is 24.2 Å². The van der Waals surface area contributed by atoms with E-state index in [-0.39, 0.29) is 29.7 Å². The standard InChI is InChI=1S/C58H54Cl2N4O6/c1-63-51-30-43-31-52(55(65)62-50(57(67)68)29-37-12-17-40(18-13-37)41-19-14-38(33-61)15-20-41)64(46-10-7-11-46,36-58(26-5-6-27-58)45-8-3-2-4-9-45)34-44(43)32-53(51)70-54(56(63)66)42-21-23-47(24-22-42)69-35-39-16-25-48(59)49(60)28-39/h2-4,8-9,12-25,28,30,32,46,50,52,54H,5-7,10-11,26-27,29,31,34-36H2,1H3,(H-,62,65,67,68)/p+1/t50?,52?,54-,64+/m0/s1. The number of carbonyl (C=O) groups excluding carboxylic acids is 2. The molecule has 2 heterocycles. The number of carbonyl (C=O) groups is 3. The zero-order valence-electron chi connectivity index (χ0n) is 39.1. The van der Waals surface area contributed by atoms with Crippen LogP contribution in [0, 0.1) is 11.3 Å². The van der Waals surface area contributed by atoms with Gasteiger partial charge in [-0.05, 0) is 114 Å². The Bertz CT molecular complexity index is 2970. The number of anilines is 1. The number of hydrogen-bond acceptors (Lipinski definition) is 6. The third kappa shape index (κ3) is 9.26. The zero-order valence-corrected chi connectivity index (χ0v) is 40.6. The van der Waals surface area contributed by atoms with Gasteiger partial charge in [0.1, 0.15) is 30.7 Å². The highest BCUT2D eigenvalue weighted by atomic mass is 35.5. The highest BCUT2D eigenvalue weighted by molar-refractivity contribution is 6.42. The molecule has 10 nitrogen and oxygen atoms in total. The van der Waals surface area contributed by atoms with E-state index in [0.717, 1.165) is 84.9 Å². The maximum absolute atomic E-state index is 15.3. The van der Waals surface area contributed by atoms with Gasteiger partial charge in [0.2, 0.25) is 6.10 Å². The van der Waals surface area contributed by atoms with Crippen LogP contribution in [0.5, 0.6) is 11.5 Å². The maximum Gasteiger partial charge on any atom is 0.326 e. The summed E-state index contributed by atoms with van der Waals surface area (Å²) >= 11 is 12.3. The molecule has 4 aliphatic rings. The Morgan fingerprint density at radius 1 is 0.857 bits per heavy atom. The molecular weight excluding hydrogens is 920 g/mol. The van der Waals surface area contributed by atoms with Crippen LogP contribution < -0.4 is 19.7 Å². The Morgan fingerprint density at radius 2 is 1.54 bits per heavy atom. The number of benzene rings is 6. The number of nitrogens with zero attached hydrogens (tertiary/aromatic N) is 3. The van der Waals surface area contributed by atoms with E-state index >= 15 is 4.79 Å². The number of nitriles is 1. The van der Waals surface area contributed by atoms with Crippen LogP contribution in [0.2, 0.25) is 10.0 Å². The lowest BCUT2D eigenvalue weighted by atomic mass is 9.73. The molecule has 2 amide bonds. The zero-order chi connectivity index (χ0) is 48.6. The fourth-order valence-electron chi connectivity index (χ4n) is 11.5. The number of fused-ring (bicyclic) bond motifs is 2. The SMILES string of the molecule is CN1C(=O)[C@H](c2ccc(OCc3ccc(Cl)c(Cl)c3)cc2)Oc2cc3c(cc21)CC(C(=O)NC(Cc1ccc(-c2ccc(C#N)cc2)cc1)C(=O)O)[N@+](CC1(c2ccccc2)CCCC1)(C1CCC1)C3. The summed E-state index contributed by atoms with van der Waals surface area (Å²) < 4.78 is 13.2. The summed E-state index contributed by atoms with van der Waals surface area (Å²) in [7, 11) is 1.76. The van der Waals surface area contributed by atoms with Gasteiger partial charge in [-0.15, -0.1) is 0 Å². The lowest BCUT2D eigenvalue weighted by molar-refractivity contribution is -0.987. The van der Waals surface area contributed by atoms with Crippen LogP contribution in [-0.4, -0.2) is 59.1 Å². The van der Waals surface area contributed by atoms with Crippen LogP contribution in [0.3, 0.4) is 0 Å². The molecule has 2 N–H and O–H groups in total. The van der Waals surface area contributed by atoms with Crippen LogP contribution in [0.1, 0.15) is 90.0 Å². The number of nitrogens with one attached hydrogen (secondary N) is 1. The summed E-state index contributed by atoms with van der Waals surface area (Å²) in [6, 6.07) is 43.3. The predicted octanol–water partition coefficient (Wildman–Crippen LogP) is 11.3. The van der Waals surface area contributed by atoms with Crippen molar-refractivity contribution in [3.05, 3.63) is 182 Å². The molecule has 2 saturated carbocycles. The van der Waals surface area contributed by atoms with Crippen LogP contribution >= 0.6 is 23.2 Å². The molecule has 0 bridgehead atoms. The average Bonchev–Trinajstić information content (AvgIpc) is 3.84. The first-order valence-electron chi connectivity index (χ1n) is 24.2. The predicted molar refractivity (Wildman–Crippen MR) is 271 cm³/mol. The molecule has 0 radical (unpaired) electrons. The number of carboxylic acid groups (broad SMARTS) is 1. The second-order valence-corrected chi connectivity index (χ2v) is 20.5. The van der Waals surface area contributed by atoms with Gasteiger partial charge in [0, 0.05) is 36.4 Å². The smallest absolute Gasteiger partial charge is 0.326 e. The molecular formula is C58H55Cl2N4O6+. The number of rotatable bonds is 14. The fourth-order valence-corrected chi connectivity index (χ4v) is 11.8. The van der Waals surface area contributed by atoms with Crippen LogP contribution in [-0.2, 0) is 45.8 Å². The van der Waals surface area contributed by atoms with Crippen molar-refractivity contribution in [2.45, 2.75) is 101 Å². The number of hydrogen-bond donors (Lipinski definition) is 2. The molecule has 6 aromatic rings. The molecule has 12 heteroatoms. The molecule has 2 fully saturated rings. The molecule has 0 aromatic heterocycles. The van der Waals surface area contributed by atoms with E-state index in [4.69, 9.17) is 32.7 Å². The number of ether oxygens (including phenoxy) is 2. The van der Waals surface area contributed by atoms with Crippen molar-refractivity contribution in [2.75, 3.05) is 18.5 Å². The van der Waals surface area contributed by atoms with Gasteiger partial charge in [0.25, 0.3) is 11.8 Å². The quantitative estimate of drug-likeness (QED) is 0.104. The van der Waals surface area contributed by atoms with E-state index in [1.165, 1.54) is 5.56 Å². The summed E-state index contributed by atoms with van der Waals surface area (Å²) in [5, 5.41) is 24.0. The Balaban J connectivity index is 0.955. The lowest BCUT2D eigenvalue weighted by Gasteiger charge is -2.57. The highest BCUT2D eigenvalue weighted by Gasteiger charge is 2.57. The van der Waals surface area contributed by atoms with Gasteiger partial charge in [-0.25, -0.2) is 4.79 Å². The van der Waals surface area contributed by atoms with Crippen molar-refractivity contribution in [1.82, 2.24) is 5.32 Å². The normalized spacial score (nSPS) is 20.8. The molecule has 0 spiro atoms. The minimum atomic E-state index is -1.16. The molecule has 70 heavy (non-hydrogen) atoms. The second kappa shape index (κ2) is 19.6. The average molecular weight is 975 g/mol. The van der Waals surface area contributed by atoms with E-state index in [9.17, 15) is 20.0 Å². The van der Waals surface area contributed by atoms with Crippen molar-refractivity contribution in [1.29, 1.82) is 5.26 Å². The molecule has 4 atom stereocenters. The highest BCUT2D eigenvalue weighted by Crippen LogP contribution is 2.51. The molecule has 6 aromatic carbocycles. The number of carboxylic acids is 1. The van der Waals surface area contributed by atoms with E-state index in [1.807, 2.05) is 72.8 Å². The van der Waals surface area contributed by atoms with Crippen LogP contribution in [0.25, 0.3) is 11.1 Å². The summed E-state index contributed by atoms with van der Waals surface area (Å²) in [4.78, 5) is 44.2. The number of quaternary nitrogens is 1. The van der Waals surface area contributed by atoms with Crippen molar-refractivity contribution < 1.29 is 33.4 Å². The Kier molecular flexibility index (Phi) is 13.2. The number of halogens is 2. The van der Waals surface area contributed by atoms with Crippen molar-refractivity contribution in [3.8, 4) is 28.7 Å². The fraction of sp³-hybridized carbons (Fsp3) is 0.310. The number of amides is 2. The van der Waals surface area contributed by atoms with Gasteiger partial charge < -0.3 is 29.3 Å². The molecule has 0 saturated heterocycles. The van der Waals surface area contributed by atoms with Gasteiger partial charge in [0.15, 0.2) is 6.04 Å². The lowest BCUT2D eigenvalue weighted by Crippen LogP contribution is -2.72. The van der Waals surface area contributed by atoms with Crippen LogP contribution in [0.4, 0.5) is 5.69 Å². The van der Waals surface area contributed by atoms with Crippen molar-refractivity contribution >= 4 is 46.7 Å². The van der Waals surface area contributed by atoms with Gasteiger partial charge in [-0.1, -0.05) is 121 Å². The van der Waals surface area contributed by atoms with E-state index in [1.54, 1.807) is 36.2 Å². The molecule has 10 rings (SSSR count). The van der Waals surface area contributed by atoms with Crippen molar-refractivity contribution in [3.63, 3.8) is 0 Å². The van der Waals surface area contributed by atoms with Gasteiger partial charge in [-0.2, -0.15) is 5.26 Å². The first-order valence-corrected chi connectivity index (χ1v) is 25.0. The second-order valence-electron chi connectivity index (χ2n) is 19.7. The number of aliphatic carboxylic acids is 1. The van der Waals surface area contributed by atoms with Crippen LogP contribution in [0.15, 0.2) is 133 Å². The molecule has 356 valence electrons. The minimum absolute atomic E-state index is 0.114. The van der Waals surface area contributed by atoms with Gasteiger partial charge >= 0.3 is 5.97 Å². The van der Waals surface area contributed by atoms with Gasteiger partial charge in [0.05, 0.1) is 40.0 Å². The minimum Gasteiger partial charge on any atom is -0.489 e. The molecule has 2 aliphatic heterocycles. The van der Waals surface area contributed by atoms with Gasteiger partial charge in [-0.3, -0.25) is 9.59 Å². The monoisotopic (exact) mass is 973 g/mol. The molecule has 2 aliphatic carbocycles. The topological polar surface area (TPSA) is 129 Å². The Morgan fingerprint density at radius 3 is 2.19 bits per heavy atom. The first kappa shape index (κ1) is 47.1. The molecule has 2 unspecified atom stereocenters. The number of likely N-dealkylation sites (N-methyl/N-ethyl adjacent to an activating group) is 1. The summed E-state index contributed by atoms with van der Waals surface area (Å²) in [5.41, 5.74) is 8.64. The Labute approximate surface area is 419 Å². The van der Waals surface area contributed by atoms with E-state index in [0.29, 0.717) is 62.4 Å². The third-order valence-electron chi connectivity index (χ3n) is 15.5. The Hall–Kier alpha value is -6.64. The van der Waals surface area contributed by atoms with Crippen molar-refractivity contribution in [2.24, 2.45) is 0 Å². The summed E-state index contributed by atoms with van der Waals surface area (Å²) in [5.74, 6) is -0.338. The maximum atomic E-state index is 15.3. The largest absolute Gasteiger partial charge is 0.489 e. The summed E-state index contributed by atoms with van der Waals surface area (Å²) in [6.07, 6.45) is 6.88.